The zero-order valence-electron chi connectivity index (χ0n) is 14.0. The molecule has 0 radical (unpaired) electrons. The van der Waals surface area contributed by atoms with E-state index < -0.39 is 0 Å². The van der Waals surface area contributed by atoms with Crippen molar-refractivity contribution in [3.63, 3.8) is 0 Å². The van der Waals surface area contributed by atoms with E-state index in [1.165, 1.54) is 0 Å². The molecule has 0 saturated carbocycles. The van der Waals surface area contributed by atoms with Crippen LogP contribution in [0.4, 0.5) is 11.4 Å². The third-order valence-corrected chi connectivity index (χ3v) is 3.60. The summed E-state index contributed by atoms with van der Waals surface area (Å²) in [5, 5.41) is 14.8. The minimum Gasteiger partial charge on any atom is -0.457 e. The van der Waals surface area contributed by atoms with Crippen LogP contribution in [-0.2, 0) is 4.79 Å². The van der Waals surface area contributed by atoms with Gasteiger partial charge in [-0.2, -0.15) is 5.26 Å². The van der Waals surface area contributed by atoms with Gasteiger partial charge in [-0.05, 0) is 48.5 Å². The summed E-state index contributed by atoms with van der Waals surface area (Å²) in [6.07, 6.45) is 0. The molecule has 0 aromatic heterocycles. The lowest BCUT2D eigenvalue weighted by Gasteiger charge is -2.10. The molecule has 1 amide bonds. The van der Waals surface area contributed by atoms with E-state index in [-0.39, 0.29) is 12.5 Å². The zero-order valence-corrected chi connectivity index (χ0v) is 14.0. The predicted molar refractivity (Wildman–Crippen MR) is 101 cm³/mol. The Labute approximate surface area is 151 Å². The lowest BCUT2D eigenvalue weighted by atomic mass is 10.2. The monoisotopic (exact) mass is 343 g/mol. The van der Waals surface area contributed by atoms with Gasteiger partial charge in [0.2, 0.25) is 5.91 Å². The van der Waals surface area contributed by atoms with E-state index in [4.69, 9.17) is 10.00 Å². The van der Waals surface area contributed by atoms with Crippen LogP contribution in [0.1, 0.15) is 5.56 Å². The van der Waals surface area contributed by atoms with Gasteiger partial charge in [0.05, 0.1) is 17.8 Å². The molecule has 0 unspecified atom stereocenters. The van der Waals surface area contributed by atoms with Crippen LogP contribution in [0.25, 0.3) is 0 Å². The number of carbonyl (C=O) groups excluding carboxylic acids is 1. The van der Waals surface area contributed by atoms with E-state index >= 15 is 0 Å². The minimum atomic E-state index is -0.200. The molecule has 128 valence electrons. The van der Waals surface area contributed by atoms with Crippen LogP contribution in [0.5, 0.6) is 11.5 Å². The number of benzene rings is 3. The first kappa shape index (κ1) is 17.1. The van der Waals surface area contributed by atoms with Crippen LogP contribution in [0.15, 0.2) is 78.9 Å². The smallest absolute Gasteiger partial charge is 0.243 e. The number of amides is 1. The molecular weight excluding hydrogens is 326 g/mol. The summed E-state index contributed by atoms with van der Waals surface area (Å²) in [6.45, 7) is 0.0704. The van der Waals surface area contributed by atoms with Gasteiger partial charge in [0.15, 0.2) is 0 Å². The number of nitrogens with one attached hydrogen (secondary N) is 2. The molecule has 0 bridgehead atoms. The second-order valence-electron chi connectivity index (χ2n) is 5.50. The average molecular weight is 343 g/mol. The lowest BCUT2D eigenvalue weighted by molar-refractivity contribution is -0.114. The van der Waals surface area contributed by atoms with Crippen molar-refractivity contribution in [1.29, 1.82) is 5.26 Å². The number of anilines is 2. The number of hydrogen-bond acceptors (Lipinski definition) is 4. The Kier molecular flexibility index (Phi) is 5.48. The van der Waals surface area contributed by atoms with E-state index in [0.29, 0.717) is 22.7 Å². The van der Waals surface area contributed by atoms with Crippen molar-refractivity contribution in [3.8, 4) is 17.6 Å². The molecule has 0 spiro atoms. The van der Waals surface area contributed by atoms with Crippen molar-refractivity contribution in [2.24, 2.45) is 0 Å². The van der Waals surface area contributed by atoms with Gasteiger partial charge in [-0.25, -0.2) is 0 Å². The van der Waals surface area contributed by atoms with Gasteiger partial charge in [0.1, 0.15) is 17.6 Å². The van der Waals surface area contributed by atoms with Crippen LogP contribution in [0.3, 0.4) is 0 Å². The molecule has 5 heteroatoms. The zero-order chi connectivity index (χ0) is 18.2. The van der Waals surface area contributed by atoms with Crippen LogP contribution < -0.4 is 15.4 Å². The number of nitriles is 1. The van der Waals surface area contributed by atoms with Crippen LogP contribution in [-0.4, -0.2) is 12.5 Å². The summed E-state index contributed by atoms with van der Waals surface area (Å²) in [5.74, 6) is 1.24. The minimum absolute atomic E-state index is 0.0704. The van der Waals surface area contributed by atoms with Gasteiger partial charge in [-0.1, -0.05) is 30.3 Å². The number of para-hydroxylation sites is 2. The molecule has 0 heterocycles. The normalized spacial score (nSPS) is 9.81. The summed E-state index contributed by atoms with van der Waals surface area (Å²) < 4.78 is 5.71. The molecule has 3 aromatic carbocycles. The Balaban J connectivity index is 1.54. The predicted octanol–water partition coefficient (Wildman–Crippen LogP) is 4.40. The van der Waals surface area contributed by atoms with E-state index in [1.807, 2.05) is 36.4 Å². The van der Waals surface area contributed by atoms with Crippen molar-refractivity contribution >= 4 is 17.3 Å². The van der Waals surface area contributed by atoms with Gasteiger partial charge in [0.25, 0.3) is 0 Å². The maximum Gasteiger partial charge on any atom is 0.243 e. The van der Waals surface area contributed by atoms with Crippen molar-refractivity contribution in [3.05, 3.63) is 84.4 Å². The maximum atomic E-state index is 12.1. The third-order valence-electron chi connectivity index (χ3n) is 3.60. The molecule has 0 fully saturated rings. The highest BCUT2D eigenvalue weighted by Gasteiger charge is 2.05. The molecular formula is C21H17N3O2. The first-order valence-electron chi connectivity index (χ1n) is 8.10. The Morgan fingerprint density at radius 1 is 0.885 bits per heavy atom. The maximum absolute atomic E-state index is 12.1. The first-order valence-corrected chi connectivity index (χ1v) is 8.10. The fourth-order valence-corrected chi connectivity index (χ4v) is 2.35. The second kappa shape index (κ2) is 8.36. The number of hydrogen-bond donors (Lipinski definition) is 2. The van der Waals surface area contributed by atoms with E-state index in [2.05, 4.69) is 16.7 Å². The van der Waals surface area contributed by atoms with Gasteiger partial charge in [-0.15, -0.1) is 0 Å². The molecule has 26 heavy (non-hydrogen) atoms. The summed E-state index contributed by atoms with van der Waals surface area (Å²) in [5.41, 5.74) is 1.81. The van der Waals surface area contributed by atoms with Crippen LogP contribution in [0.2, 0.25) is 0 Å². The Hall–Kier alpha value is -3.78. The topological polar surface area (TPSA) is 74.2 Å². The largest absolute Gasteiger partial charge is 0.457 e. The first-order chi connectivity index (χ1) is 12.7. The second-order valence-corrected chi connectivity index (χ2v) is 5.50. The fraction of sp³-hybridized carbons (Fsp3) is 0.0476. The lowest BCUT2D eigenvalue weighted by Crippen LogP contribution is -2.22. The summed E-state index contributed by atoms with van der Waals surface area (Å²) in [7, 11) is 0. The molecule has 5 nitrogen and oxygen atoms in total. The molecule has 0 saturated heterocycles. The fourth-order valence-electron chi connectivity index (χ4n) is 2.35. The summed E-state index contributed by atoms with van der Waals surface area (Å²) in [4.78, 5) is 12.1. The van der Waals surface area contributed by atoms with Crippen molar-refractivity contribution in [2.75, 3.05) is 17.2 Å². The summed E-state index contributed by atoms with van der Waals surface area (Å²) >= 11 is 0. The number of nitrogens with zero attached hydrogens (tertiary/aromatic N) is 1. The van der Waals surface area contributed by atoms with Crippen molar-refractivity contribution < 1.29 is 9.53 Å². The quantitative estimate of drug-likeness (QED) is 0.695. The van der Waals surface area contributed by atoms with Gasteiger partial charge < -0.3 is 15.4 Å². The standard InChI is InChI=1S/C21H17N3O2/c22-14-16-6-4-5-9-20(16)23-15-21(25)24-17-10-12-19(13-11-17)26-18-7-2-1-3-8-18/h1-13,23H,15H2,(H,24,25). The highest BCUT2D eigenvalue weighted by Crippen LogP contribution is 2.22. The molecule has 0 atom stereocenters. The Morgan fingerprint density at radius 3 is 2.27 bits per heavy atom. The number of ether oxygens (including phenoxy) is 1. The molecule has 0 aliphatic heterocycles. The molecule has 2 N–H and O–H groups in total. The SMILES string of the molecule is N#Cc1ccccc1NCC(=O)Nc1ccc(Oc2ccccc2)cc1. The van der Waals surface area contributed by atoms with Crippen molar-refractivity contribution in [2.45, 2.75) is 0 Å². The highest BCUT2D eigenvalue weighted by molar-refractivity contribution is 5.93. The number of carbonyl (C=O) groups is 1. The number of rotatable bonds is 6. The molecule has 3 aromatic rings. The highest BCUT2D eigenvalue weighted by atomic mass is 16.5. The summed E-state index contributed by atoms with van der Waals surface area (Å²) in [6, 6.07) is 25.8. The van der Waals surface area contributed by atoms with Crippen molar-refractivity contribution in [1.82, 2.24) is 0 Å². The third kappa shape index (κ3) is 4.62. The molecule has 3 rings (SSSR count). The van der Waals surface area contributed by atoms with E-state index in [9.17, 15) is 4.79 Å². The van der Waals surface area contributed by atoms with Crippen LogP contribution >= 0.6 is 0 Å². The van der Waals surface area contributed by atoms with Crippen LogP contribution in [0, 0.1) is 11.3 Å². The Morgan fingerprint density at radius 2 is 1.54 bits per heavy atom. The van der Waals surface area contributed by atoms with Gasteiger partial charge >= 0.3 is 0 Å². The molecule has 0 aliphatic rings. The van der Waals surface area contributed by atoms with Gasteiger partial charge in [-0.3, -0.25) is 4.79 Å². The molecule has 0 aliphatic carbocycles. The van der Waals surface area contributed by atoms with E-state index in [0.717, 1.165) is 5.75 Å². The Bertz CT molecular complexity index is 916. The van der Waals surface area contributed by atoms with E-state index in [1.54, 1.807) is 42.5 Å². The average Bonchev–Trinajstić information content (AvgIpc) is 2.69. The van der Waals surface area contributed by atoms with Gasteiger partial charge in [0, 0.05) is 5.69 Å².